The van der Waals surface area contributed by atoms with Gasteiger partial charge in [0.05, 0.1) is 0 Å². The molecule has 1 aliphatic heterocycles. The Morgan fingerprint density at radius 2 is 2.38 bits per heavy atom. The van der Waals surface area contributed by atoms with Gasteiger partial charge in [-0.25, -0.2) is 0 Å². The molecule has 128 valence electrons. The average molecular weight is 329 g/mol. The zero-order valence-electron chi connectivity index (χ0n) is 13.8. The van der Waals surface area contributed by atoms with Gasteiger partial charge in [0.2, 0.25) is 5.91 Å². The summed E-state index contributed by atoms with van der Waals surface area (Å²) in [4.78, 5) is 15.8. The molecule has 1 unspecified atom stereocenters. The van der Waals surface area contributed by atoms with Crippen LogP contribution in [0.2, 0.25) is 0 Å². The summed E-state index contributed by atoms with van der Waals surface area (Å²) in [6, 6.07) is 6.06. The number of fused-ring (bicyclic) bond motifs is 1. The molecule has 0 aliphatic carbocycles. The molecule has 8 heteroatoms. The molecule has 24 heavy (non-hydrogen) atoms. The lowest BCUT2D eigenvalue weighted by Crippen LogP contribution is -2.51. The molecule has 3 rings (SSSR count). The summed E-state index contributed by atoms with van der Waals surface area (Å²) < 4.78 is 1.98. The van der Waals surface area contributed by atoms with E-state index in [-0.39, 0.29) is 11.9 Å². The number of nitrogens with zero attached hydrogens (tertiary/aromatic N) is 4. The highest BCUT2D eigenvalue weighted by molar-refractivity contribution is 5.81. The molecule has 1 fully saturated rings. The molecule has 0 aromatic carbocycles. The molecule has 1 atom stereocenters. The Kier molecular flexibility index (Phi) is 5.25. The highest BCUT2D eigenvalue weighted by Crippen LogP contribution is 2.04. The minimum absolute atomic E-state index is 0.119. The van der Waals surface area contributed by atoms with E-state index in [0.29, 0.717) is 25.9 Å². The van der Waals surface area contributed by atoms with Crippen molar-refractivity contribution in [3.63, 3.8) is 0 Å². The van der Waals surface area contributed by atoms with Crippen LogP contribution < -0.4 is 16.0 Å². The van der Waals surface area contributed by atoms with Crippen LogP contribution in [0.3, 0.4) is 0 Å². The number of hydrogen-bond donors (Lipinski definition) is 3. The fourth-order valence-corrected chi connectivity index (χ4v) is 2.70. The molecule has 2 aromatic rings. The Morgan fingerprint density at radius 3 is 3.17 bits per heavy atom. The highest BCUT2D eigenvalue weighted by atomic mass is 16.1. The van der Waals surface area contributed by atoms with Crippen molar-refractivity contribution in [2.24, 2.45) is 4.99 Å². The molecule has 1 amide bonds. The van der Waals surface area contributed by atoms with E-state index < -0.39 is 0 Å². The molecule has 1 saturated heterocycles. The van der Waals surface area contributed by atoms with Crippen molar-refractivity contribution in [2.75, 3.05) is 19.6 Å². The molecule has 0 bridgehead atoms. The minimum atomic E-state index is 0.119. The van der Waals surface area contributed by atoms with E-state index in [1.165, 1.54) is 0 Å². The summed E-state index contributed by atoms with van der Waals surface area (Å²) in [5, 5.41) is 17.9. The zero-order valence-corrected chi connectivity index (χ0v) is 13.8. The van der Waals surface area contributed by atoms with Crippen molar-refractivity contribution in [3.8, 4) is 0 Å². The van der Waals surface area contributed by atoms with Crippen LogP contribution in [0.15, 0.2) is 29.4 Å². The summed E-state index contributed by atoms with van der Waals surface area (Å²) in [5.41, 5.74) is 0.847. The fourth-order valence-electron chi connectivity index (χ4n) is 2.70. The lowest BCUT2D eigenvalue weighted by molar-refractivity contribution is -0.122. The predicted octanol–water partition coefficient (Wildman–Crippen LogP) is 0.106. The first kappa shape index (κ1) is 16.2. The van der Waals surface area contributed by atoms with E-state index in [1.807, 2.05) is 35.7 Å². The van der Waals surface area contributed by atoms with Gasteiger partial charge in [-0.3, -0.25) is 14.2 Å². The van der Waals surface area contributed by atoms with Gasteiger partial charge in [0.25, 0.3) is 0 Å². The van der Waals surface area contributed by atoms with Gasteiger partial charge in [0.15, 0.2) is 11.6 Å². The predicted molar refractivity (Wildman–Crippen MR) is 91.8 cm³/mol. The molecule has 0 saturated carbocycles. The smallest absolute Gasteiger partial charge is 0.220 e. The first-order chi connectivity index (χ1) is 11.8. The second-order valence-electron chi connectivity index (χ2n) is 5.74. The van der Waals surface area contributed by atoms with E-state index in [4.69, 9.17) is 0 Å². The van der Waals surface area contributed by atoms with E-state index in [2.05, 4.69) is 31.1 Å². The number of piperidine rings is 1. The van der Waals surface area contributed by atoms with Crippen LogP contribution in [0.25, 0.3) is 5.65 Å². The zero-order chi connectivity index (χ0) is 16.8. The Bertz CT molecular complexity index is 714. The van der Waals surface area contributed by atoms with Crippen molar-refractivity contribution in [2.45, 2.75) is 32.2 Å². The first-order valence-corrected chi connectivity index (χ1v) is 8.36. The van der Waals surface area contributed by atoms with Gasteiger partial charge in [0, 0.05) is 44.7 Å². The lowest BCUT2D eigenvalue weighted by atomic mass is 10.1. The molecule has 2 aromatic heterocycles. The normalized spacial score (nSPS) is 18.5. The topological polar surface area (TPSA) is 95.7 Å². The van der Waals surface area contributed by atoms with Crippen LogP contribution in [-0.2, 0) is 11.2 Å². The molecular weight excluding hydrogens is 306 g/mol. The third-order valence-electron chi connectivity index (χ3n) is 3.94. The third-order valence-corrected chi connectivity index (χ3v) is 3.94. The number of aromatic nitrogens is 3. The molecule has 0 radical (unpaired) electrons. The quantitative estimate of drug-likeness (QED) is 0.534. The van der Waals surface area contributed by atoms with Crippen LogP contribution in [-0.4, -0.2) is 52.1 Å². The van der Waals surface area contributed by atoms with Gasteiger partial charge in [-0.15, -0.1) is 10.2 Å². The van der Waals surface area contributed by atoms with Gasteiger partial charge in [-0.2, -0.15) is 0 Å². The number of amides is 1. The molecule has 1 aliphatic rings. The Hall–Kier alpha value is -2.64. The lowest BCUT2D eigenvalue weighted by Gasteiger charge is -2.25. The molecule has 3 N–H and O–H groups in total. The molecule has 8 nitrogen and oxygen atoms in total. The Balaban J connectivity index is 1.58. The van der Waals surface area contributed by atoms with Crippen LogP contribution in [0.4, 0.5) is 0 Å². The number of hydrogen-bond acceptors (Lipinski definition) is 4. The van der Waals surface area contributed by atoms with Gasteiger partial charge < -0.3 is 16.0 Å². The molecule has 0 spiro atoms. The standard InChI is InChI=1S/C16H23N7O/c1-2-17-16(20-12-6-7-15(24)19-11-12)18-9-8-14-22-21-13-5-3-4-10-23(13)14/h3-5,10,12H,2,6-9,11H2,1H3,(H,19,24)(H2,17,18,20). The number of carbonyl (C=O) groups excluding carboxylic acids is 1. The largest absolute Gasteiger partial charge is 0.357 e. The van der Waals surface area contributed by atoms with Crippen molar-refractivity contribution in [1.29, 1.82) is 0 Å². The van der Waals surface area contributed by atoms with E-state index in [0.717, 1.165) is 30.4 Å². The van der Waals surface area contributed by atoms with Crippen LogP contribution in [0.5, 0.6) is 0 Å². The van der Waals surface area contributed by atoms with E-state index in [1.54, 1.807) is 0 Å². The van der Waals surface area contributed by atoms with Crippen molar-refractivity contribution in [3.05, 3.63) is 30.2 Å². The number of aliphatic imine (C=N–C) groups is 1. The molecule has 3 heterocycles. The summed E-state index contributed by atoms with van der Waals surface area (Å²) in [6.45, 7) is 4.08. The minimum Gasteiger partial charge on any atom is -0.357 e. The first-order valence-electron chi connectivity index (χ1n) is 8.36. The van der Waals surface area contributed by atoms with E-state index >= 15 is 0 Å². The van der Waals surface area contributed by atoms with Crippen molar-refractivity contribution in [1.82, 2.24) is 30.5 Å². The highest BCUT2D eigenvalue weighted by Gasteiger charge is 2.18. The van der Waals surface area contributed by atoms with Gasteiger partial charge in [0.1, 0.15) is 5.82 Å². The van der Waals surface area contributed by atoms with E-state index in [9.17, 15) is 4.79 Å². The number of rotatable bonds is 5. The second kappa shape index (κ2) is 7.76. The van der Waals surface area contributed by atoms with Crippen LogP contribution >= 0.6 is 0 Å². The van der Waals surface area contributed by atoms with Crippen LogP contribution in [0.1, 0.15) is 25.6 Å². The summed E-state index contributed by atoms with van der Waals surface area (Å²) in [6.07, 6.45) is 4.06. The molecular formula is C16H23N7O. The third kappa shape index (κ3) is 4.01. The Morgan fingerprint density at radius 1 is 1.46 bits per heavy atom. The maximum atomic E-state index is 11.2. The Labute approximate surface area is 140 Å². The second-order valence-corrected chi connectivity index (χ2v) is 5.74. The van der Waals surface area contributed by atoms with Gasteiger partial charge in [-0.1, -0.05) is 6.07 Å². The number of nitrogens with one attached hydrogen (secondary N) is 3. The SMILES string of the molecule is CCNC(=NCCc1nnc2ccccn12)NC1CCC(=O)NC1. The average Bonchev–Trinajstić information content (AvgIpc) is 3.00. The number of guanidine groups is 1. The number of carbonyl (C=O) groups is 1. The van der Waals surface area contributed by atoms with Crippen molar-refractivity contribution < 1.29 is 4.79 Å². The maximum absolute atomic E-state index is 11.2. The fraction of sp³-hybridized carbons (Fsp3) is 0.500. The van der Waals surface area contributed by atoms with Gasteiger partial charge >= 0.3 is 0 Å². The van der Waals surface area contributed by atoms with Crippen molar-refractivity contribution >= 4 is 17.5 Å². The number of pyridine rings is 1. The monoisotopic (exact) mass is 329 g/mol. The summed E-state index contributed by atoms with van der Waals surface area (Å²) >= 11 is 0. The summed E-state index contributed by atoms with van der Waals surface area (Å²) in [5.74, 6) is 1.79. The summed E-state index contributed by atoms with van der Waals surface area (Å²) in [7, 11) is 0. The van der Waals surface area contributed by atoms with Gasteiger partial charge in [-0.05, 0) is 25.5 Å². The van der Waals surface area contributed by atoms with Crippen LogP contribution in [0, 0.1) is 0 Å². The maximum Gasteiger partial charge on any atom is 0.220 e.